The fourth-order valence-electron chi connectivity index (χ4n) is 2.86. The molecule has 3 nitrogen and oxygen atoms in total. The zero-order valence-electron chi connectivity index (χ0n) is 12.0. The molecule has 3 rings (SSSR count). The summed E-state index contributed by atoms with van der Waals surface area (Å²) in [6.07, 6.45) is 0.590. The third-order valence-corrected chi connectivity index (χ3v) is 6.40. The van der Waals surface area contributed by atoms with E-state index in [-0.39, 0.29) is 15.8 Å². The van der Waals surface area contributed by atoms with Crippen LogP contribution in [-0.2, 0) is 9.84 Å². The van der Waals surface area contributed by atoms with Gasteiger partial charge in [-0.15, -0.1) is 0 Å². The summed E-state index contributed by atoms with van der Waals surface area (Å²) in [7, 11) is -3.69. The van der Waals surface area contributed by atoms with Crippen molar-refractivity contribution in [1.82, 2.24) is 5.32 Å². The minimum absolute atomic E-state index is 0.0349. The molecule has 0 radical (unpaired) electrons. The van der Waals surface area contributed by atoms with Crippen molar-refractivity contribution >= 4 is 21.4 Å². The molecule has 2 aromatic carbocycles. The molecule has 0 spiro atoms. The van der Waals surface area contributed by atoms with Gasteiger partial charge in [-0.2, -0.15) is 0 Å². The Bertz CT molecular complexity index is 824. The minimum atomic E-state index is -3.69. The predicted molar refractivity (Wildman–Crippen MR) is 84.1 cm³/mol. The molecule has 1 heterocycles. The zero-order chi connectivity index (χ0) is 16.6. The van der Waals surface area contributed by atoms with Crippen LogP contribution in [-0.4, -0.2) is 20.3 Å². The molecule has 0 amide bonds. The summed E-state index contributed by atoms with van der Waals surface area (Å²) in [6.45, 7) is 0.519. The Morgan fingerprint density at radius 2 is 1.78 bits per heavy atom. The van der Waals surface area contributed by atoms with Crippen LogP contribution in [0.3, 0.4) is 0 Å². The number of rotatable bonds is 3. The number of sulfone groups is 1. The third-order valence-electron chi connectivity index (χ3n) is 4.01. The SMILES string of the molecule is O=S(=O)(c1ccc(F)cc1)C1NCCC1c1ccc(F)c(Cl)c1. The molecule has 7 heteroatoms. The van der Waals surface area contributed by atoms with Crippen LogP contribution >= 0.6 is 11.6 Å². The van der Waals surface area contributed by atoms with Gasteiger partial charge in [-0.1, -0.05) is 17.7 Å². The molecular weight excluding hydrogens is 344 g/mol. The maximum atomic E-state index is 13.3. The van der Waals surface area contributed by atoms with E-state index in [2.05, 4.69) is 5.32 Å². The van der Waals surface area contributed by atoms with E-state index in [0.717, 1.165) is 12.1 Å². The normalized spacial score (nSPS) is 21.5. The summed E-state index contributed by atoms with van der Waals surface area (Å²) in [4.78, 5) is 0.0523. The average Bonchev–Trinajstić information content (AvgIpc) is 3.01. The smallest absolute Gasteiger partial charge is 0.194 e. The minimum Gasteiger partial charge on any atom is -0.300 e. The lowest BCUT2D eigenvalue weighted by molar-refractivity contribution is 0.558. The van der Waals surface area contributed by atoms with Crippen molar-refractivity contribution in [2.24, 2.45) is 0 Å². The molecule has 2 atom stereocenters. The Morgan fingerprint density at radius 3 is 2.43 bits per heavy atom. The Labute approximate surface area is 138 Å². The van der Waals surface area contributed by atoms with Gasteiger partial charge in [-0.05, 0) is 54.9 Å². The van der Waals surface area contributed by atoms with E-state index in [9.17, 15) is 17.2 Å². The molecule has 0 bridgehead atoms. The second-order valence-electron chi connectivity index (χ2n) is 5.44. The van der Waals surface area contributed by atoms with Crippen LogP contribution in [0.15, 0.2) is 47.4 Å². The van der Waals surface area contributed by atoms with Crippen molar-refractivity contribution in [3.63, 3.8) is 0 Å². The molecule has 122 valence electrons. The second-order valence-corrected chi connectivity index (χ2v) is 7.92. The van der Waals surface area contributed by atoms with Gasteiger partial charge < -0.3 is 5.32 Å². The first-order chi connectivity index (χ1) is 10.9. The molecular formula is C16H14ClF2NO2S. The Morgan fingerprint density at radius 1 is 1.09 bits per heavy atom. The van der Waals surface area contributed by atoms with Gasteiger partial charge in [0.25, 0.3) is 0 Å². The molecule has 1 aliphatic rings. The topological polar surface area (TPSA) is 46.2 Å². The van der Waals surface area contributed by atoms with Gasteiger partial charge in [-0.25, -0.2) is 17.2 Å². The van der Waals surface area contributed by atoms with Crippen LogP contribution in [0.25, 0.3) is 0 Å². The standard InChI is InChI=1S/C16H14ClF2NO2S/c17-14-9-10(1-6-15(14)19)13-7-8-20-16(13)23(21,22)12-4-2-11(18)3-5-12/h1-6,9,13,16,20H,7-8H2. The molecule has 1 N–H and O–H groups in total. The monoisotopic (exact) mass is 357 g/mol. The second kappa shape index (κ2) is 6.19. The van der Waals surface area contributed by atoms with Gasteiger partial charge in [0.05, 0.1) is 9.92 Å². The first-order valence-corrected chi connectivity index (χ1v) is 9.00. The molecule has 23 heavy (non-hydrogen) atoms. The van der Waals surface area contributed by atoms with Gasteiger partial charge in [-0.3, -0.25) is 0 Å². The highest BCUT2D eigenvalue weighted by Crippen LogP contribution is 2.35. The number of halogens is 3. The van der Waals surface area contributed by atoms with E-state index in [1.165, 1.54) is 24.3 Å². The van der Waals surface area contributed by atoms with Gasteiger partial charge in [0.15, 0.2) is 9.84 Å². The van der Waals surface area contributed by atoms with Crippen LogP contribution in [0.1, 0.15) is 17.9 Å². The summed E-state index contributed by atoms with van der Waals surface area (Å²) in [5, 5.41) is 2.09. The molecule has 2 aromatic rings. The van der Waals surface area contributed by atoms with Crippen LogP contribution in [0.5, 0.6) is 0 Å². The van der Waals surface area contributed by atoms with E-state index in [1.807, 2.05) is 0 Å². The lowest BCUT2D eigenvalue weighted by Crippen LogP contribution is -2.34. The first kappa shape index (κ1) is 16.4. The summed E-state index contributed by atoms with van der Waals surface area (Å²) < 4.78 is 51.9. The molecule has 0 saturated carbocycles. The van der Waals surface area contributed by atoms with Crippen molar-refractivity contribution in [2.75, 3.05) is 6.54 Å². The third kappa shape index (κ3) is 3.11. The van der Waals surface area contributed by atoms with Crippen molar-refractivity contribution in [3.05, 3.63) is 64.7 Å². The van der Waals surface area contributed by atoms with Crippen molar-refractivity contribution < 1.29 is 17.2 Å². The highest BCUT2D eigenvalue weighted by molar-refractivity contribution is 7.92. The van der Waals surface area contributed by atoms with E-state index in [4.69, 9.17) is 11.6 Å². The van der Waals surface area contributed by atoms with Crippen molar-refractivity contribution in [3.8, 4) is 0 Å². The average molecular weight is 358 g/mol. The fraction of sp³-hybridized carbons (Fsp3) is 0.250. The van der Waals surface area contributed by atoms with E-state index in [0.29, 0.717) is 18.5 Å². The molecule has 0 aliphatic carbocycles. The molecule has 2 unspecified atom stereocenters. The predicted octanol–water partition coefficient (Wildman–Crippen LogP) is 3.50. The van der Waals surface area contributed by atoms with Gasteiger partial charge in [0.1, 0.15) is 17.0 Å². The molecule has 1 saturated heterocycles. The van der Waals surface area contributed by atoms with E-state index >= 15 is 0 Å². The maximum Gasteiger partial charge on any atom is 0.194 e. The Hall–Kier alpha value is -1.50. The molecule has 1 aliphatic heterocycles. The quantitative estimate of drug-likeness (QED) is 0.855. The van der Waals surface area contributed by atoms with Crippen molar-refractivity contribution in [2.45, 2.75) is 22.6 Å². The highest BCUT2D eigenvalue weighted by Gasteiger charge is 2.39. The van der Waals surface area contributed by atoms with E-state index in [1.54, 1.807) is 6.07 Å². The summed E-state index contributed by atoms with van der Waals surface area (Å²) in [5.74, 6) is -1.38. The summed E-state index contributed by atoms with van der Waals surface area (Å²) in [5.41, 5.74) is 0.664. The number of benzene rings is 2. The summed E-state index contributed by atoms with van der Waals surface area (Å²) >= 11 is 5.80. The number of hydrogen-bond donors (Lipinski definition) is 1. The lowest BCUT2D eigenvalue weighted by atomic mass is 9.98. The van der Waals surface area contributed by atoms with Crippen LogP contribution in [0.4, 0.5) is 8.78 Å². The Balaban J connectivity index is 1.97. The zero-order valence-corrected chi connectivity index (χ0v) is 13.5. The van der Waals surface area contributed by atoms with Gasteiger partial charge in [0, 0.05) is 5.92 Å². The maximum absolute atomic E-state index is 13.3. The van der Waals surface area contributed by atoms with Gasteiger partial charge in [0.2, 0.25) is 0 Å². The summed E-state index contributed by atoms with van der Waals surface area (Å²) in [6, 6.07) is 8.97. The molecule has 1 fully saturated rings. The molecule has 0 aromatic heterocycles. The van der Waals surface area contributed by atoms with Crippen molar-refractivity contribution in [1.29, 1.82) is 0 Å². The Kier molecular flexibility index (Phi) is 4.40. The van der Waals surface area contributed by atoms with Crippen LogP contribution in [0, 0.1) is 11.6 Å². The lowest BCUT2D eigenvalue weighted by Gasteiger charge is -2.20. The number of nitrogens with one attached hydrogen (secondary N) is 1. The van der Waals surface area contributed by atoms with E-state index < -0.39 is 26.8 Å². The highest BCUT2D eigenvalue weighted by atomic mass is 35.5. The fourth-order valence-corrected chi connectivity index (χ4v) is 4.92. The van der Waals surface area contributed by atoms with Crippen LogP contribution < -0.4 is 5.32 Å². The first-order valence-electron chi connectivity index (χ1n) is 7.07. The number of hydrogen-bond acceptors (Lipinski definition) is 3. The largest absolute Gasteiger partial charge is 0.300 e. The van der Waals surface area contributed by atoms with Crippen LogP contribution in [0.2, 0.25) is 5.02 Å². The van der Waals surface area contributed by atoms with Gasteiger partial charge >= 0.3 is 0 Å².